The second-order valence-electron chi connectivity index (χ2n) is 11.5. The fourth-order valence-corrected chi connectivity index (χ4v) is 5.82. The first kappa shape index (κ1) is 30.7. The minimum atomic E-state index is -1.70. The summed E-state index contributed by atoms with van der Waals surface area (Å²) in [6, 6.07) is 6.86. The number of pyridine rings is 1. The number of halogens is 3. The molecule has 10 nitrogen and oxygen atoms in total. The van der Waals surface area contributed by atoms with E-state index in [2.05, 4.69) is 15.4 Å². The highest BCUT2D eigenvalue weighted by Crippen LogP contribution is 2.47. The van der Waals surface area contributed by atoms with Crippen LogP contribution in [0, 0.1) is 17.6 Å². The zero-order valence-corrected chi connectivity index (χ0v) is 25.5. The fraction of sp³-hybridized carbons (Fsp3) is 0.375. The highest BCUT2D eigenvalue weighted by molar-refractivity contribution is 6.33. The smallest absolute Gasteiger partial charge is 0.251 e. The summed E-state index contributed by atoms with van der Waals surface area (Å²) in [5.41, 5.74) is 5.19. The Labute approximate surface area is 262 Å². The van der Waals surface area contributed by atoms with Crippen molar-refractivity contribution < 1.29 is 33.0 Å². The lowest BCUT2D eigenvalue weighted by Crippen LogP contribution is -2.43. The lowest BCUT2D eigenvalue weighted by molar-refractivity contribution is -0.117. The summed E-state index contributed by atoms with van der Waals surface area (Å²) in [5.74, 6) is -3.20. The Kier molecular flexibility index (Phi) is 8.13. The third kappa shape index (κ3) is 6.04. The first-order valence-corrected chi connectivity index (χ1v) is 15.1. The van der Waals surface area contributed by atoms with Gasteiger partial charge in [-0.05, 0) is 68.9 Å². The molecule has 0 saturated heterocycles. The van der Waals surface area contributed by atoms with Crippen molar-refractivity contribution in [2.45, 2.75) is 50.7 Å². The fourth-order valence-electron chi connectivity index (χ4n) is 5.58. The maximum atomic E-state index is 14.4. The van der Waals surface area contributed by atoms with Crippen LogP contribution in [0.1, 0.15) is 60.3 Å². The van der Waals surface area contributed by atoms with Gasteiger partial charge in [0.2, 0.25) is 5.91 Å². The number of amides is 2. The van der Waals surface area contributed by atoms with E-state index in [1.54, 1.807) is 19.1 Å². The number of ether oxygens (including phenoxy) is 2. The molecule has 2 fully saturated rings. The average Bonchev–Trinajstić information content (AvgIpc) is 3.95. The highest BCUT2D eigenvalue weighted by atomic mass is 35.5. The van der Waals surface area contributed by atoms with E-state index in [0.717, 1.165) is 30.4 Å². The van der Waals surface area contributed by atoms with Gasteiger partial charge in [-0.15, -0.1) is 0 Å². The summed E-state index contributed by atoms with van der Waals surface area (Å²) in [6.45, 7) is 1.62. The molecule has 0 spiro atoms. The van der Waals surface area contributed by atoms with Gasteiger partial charge in [0, 0.05) is 28.3 Å². The largest absolute Gasteiger partial charge is 0.494 e. The number of hydrogen-bond donors (Lipinski definition) is 3. The van der Waals surface area contributed by atoms with E-state index in [9.17, 15) is 23.5 Å². The topological polar surface area (TPSA) is 142 Å². The summed E-state index contributed by atoms with van der Waals surface area (Å²) >= 11 is 6.34. The molecule has 0 bridgehead atoms. The number of nitrogens with zero attached hydrogens (tertiary/aromatic N) is 3. The number of fused-ring (bicyclic) bond motifs is 1. The molecule has 2 saturated carbocycles. The molecule has 2 heterocycles. The summed E-state index contributed by atoms with van der Waals surface area (Å²) in [5, 5.41) is 20.2. The number of rotatable bonds is 12. The van der Waals surface area contributed by atoms with Gasteiger partial charge in [0.05, 0.1) is 43.4 Å². The second kappa shape index (κ2) is 11.9. The molecular weight excluding hydrogens is 608 g/mol. The van der Waals surface area contributed by atoms with Crippen molar-refractivity contribution >= 4 is 34.3 Å². The van der Waals surface area contributed by atoms with Gasteiger partial charge in [-0.25, -0.2) is 13.8 Å². The highest BCUT2D eigenvalue weighted by Gasteiger charge is 2.47. The van der Waals surface area contributed by atoms with E-state index in [-0.39, 0.29) is 58.8 Å². The number of nitrogens with one attached hydrogen (secondary N) is 1. The van der Waals surface area contributed by atoms with E-state index in [1.165, 1.54) is 13.2 Å². The zero-order valence-electron chi connectivity index (χ0n) is 24.7. The first-order chi connectivity index (χ1) is 21.5. The molecule has 0 radical (unpaired) electrons. The van der Waals surface area contributed by atoms with Crippen molar-refractivity contribution in [3.8, 4) is 22.8 Å². The Morgan fingerprint density at radius 3 is 2.53 bits per heavy atom. The summed E-state index contributed by atoms with van der Waals surface area (Å²) < 4.78 is 41.6. The number of methoxy groups -OCH3 is 1. The van der Waals surface area contributed by atoms with E-state index in [4.69, 9.17) is 26.8 Å². The number of benzene rings is 2. The number of aromatic nitrogens is 3. The maximum Gasteiger partial charge on any atom is 0.251 e. The lowest BCUT2D eigenvalue weighted by atomic mass is 9.90. The second-order valence-corrected chi connectivity index (χ2v) is 11.9. The molecule has 2 aliphatic carbocycles. The van der Waals surface area contributed by atoms with Crippen LogP contribution in [0.2, 0.25) is 5.02 Å². The van der Waals surface area contributed by atoms with Gasteiger partial charge in [0.1, 0.15) is 28.3 Å². The Balaban J connectivity index is 1.38. The van der Waals surface area contributed by atoms with Crippen molar-refractivity contribution in [2.75, 3.05) is 20.3 Å². The molecule has 4 aromatic rings. The monoisotopic (exact) mass is 639 g/mol. The van der Waals surface area contributed by atoms with Crippen molar-refractivity contribution in [2.24, 2.45) is 11.7 Å². The van der Waals surface area contributed by atoms with Crippen LogP contribution in [0.15, 0.2) is 36.5 Å². The summed E-state index contributed by atoms with van der Waals surface area (Å²) in [4.78, 5) is 30.2. The molecule has 236 valence electrons. The van der Waals surface area contributed by atoms with Gasteiger partial charge in [-0.3, -0.25) is 14.3 Å². The number of carbonyl (C=O) groups is 2. The van der Waals surface area contributed by atoms with Crippen LogP contribution in [-0.2, 0) is 16.8 Å². The van der Waals surface area contributed by atoms with Crippen molar-refractivity contribution in [3.05, 3.63) is 70.0 Å². The number of hydrogen-bond acceptors (Lipinski definition) is 7. The minimum Gasteiger partial charge on any atom is -0.494 e. The minimum absolute atomic E-state index is 0.000844. The van der Waals surface area contributed by atoms with Gasteiger partial charge < -0.3 is 25.6 Å². The molecule has 2 aromatic carbocycles. The lowest BCUT2D eigenvalue weighted by Gasteiger charge is -2.30. The number of carbonyl (C=O) groups excluding carboxylic acids is 2. The van der Waals surface area contributed by atoms with Gasteiger partial charge in [0.25, 0.3) is 5.91 Å². The van der Waals surface area contributed by atoms with E-state index in [1.807, 2.05) is 10.9 Å². The summed E-state index contributed by atoms with van der Waals surface area (Å²) in [7, 11) is 1.51. The quantitative estimate of drug-likeness (QED) is 0.189. The Hall–Kier alpha value is -4.29. The predicted octanol–water partition coefficient (Wildman–Crippen LogP) is 4.83. The van der Waals surface area contributed by atoms with Crippen LogP contribution in [0.4, 0.5) is 8.78 Å². The van der Waals surface area contributed by atoms with E-state index < -0.39 is 29.0 Å². The van der Waals surface area contributed by atoms with Gasteiger partial charge in [-0.2, -0.15) is 5.10 Å². The van der Waals surface area contributed by atoms with Gasteiger partial charge >= 0.3 is 0 Å². The van der Waals surface area contributed by atoms with Gasteiger partial charge in [-0.1, -0.05) is 11.6 Å². The molecule has 0 unspecified atom stereocenters. The molecule has 6 rings (SSSR count). The molecule has 1 atom stereocenters. The average molecular weight is 640 g/mol. The molecule has 2 amide bonds. The van der Waals surface area contributed by atoms with Crippen molar-refractivity contribution in [3.63, 3.8) is 0 Å². The Morgan fingerprint density at radius 2 is 1.89 bits per heavy atom. The molecular formula is C32H32ClF2N5O5. The molecule has 4 N–H and O–H groups in total. The van der Waals surface area contributed by atoms with E-state index in [0.29, 0.717) is 35.7 Å². The first-order valence-electron chi connectivity index (χ1n) is 14.7. The van der Waals surface area contributed by atoms with Crippen LogP contribution in [0.5, 0.6) is 11.5 Å². The van der Waals surface area contributed by atoms with Crippen LogP contribution >= 0.6 is 11.6 Å². The SMILES string of the molecule is CCOc1c(CC(N)=O)cc([C@@](O)(CNC(=O)c2cc(OC)c3nn(C4CC4)cc3c2)C2CC2)nc1-c1cc(F)c(F)cc1Cl. The zero-order chi connectivity index (χ0) is 32.0. The Bertz CT molecular complexity index is 1820. The number of primary amides is 1. The molecule has 13 heteroatoms. The number of nitrogens with two attached hydrogens (primary N) is 1. The standard InChI is InChI=1S/C32H32ClF2N5O5/c1-3-45-30-16(11-27(36)41)10-26(38-29(30)21-12-23(34)24(35)13-22(21)33)32(43,19-4-5-19)15-37-31(42)17-8-18-14-40(20-6-7-20)39-28(18)25(9-17)44-2/h8-10,12-14,19-20,43H,3-7,11,15H2,1-2H3,(H2,36,41)(H,37,42)/t32-/m1/s1. The normalized spacial score (nSPS) is 16.0. The van der Waals surface area contributed by atoms with E-state index >= 15 is 0 Å². The summed E-state index contributed by atoms with van der Waals surface area (Å²) in [6.07, 6.45) is 4.99. The molecule has 2 aliphatic rings. The molecule has 2 aromatic heterocycles. The van der Waals surface area contributed by atoms with Crippen molar-refractivity contribution in [1.82, 2.24) is 20.1 Å². The predicted molar refractivity (Wildman–Crippen MR) is 162 cm³/mol. The van der Waals surface area contributed by atoms with Crippen LogP contribution < -0.4 is 20.5 Å². The Morgan fingerprint density at radius 1 is 1.16 bits per heavy atom. The maximum absolute atomic E-state index is 14.4. The number of aliphatic hydroxyl groups is 1. The van der Waals surface area contributed by atoms with Crippen LogP contribution in [0.3, 0.4) is 0 Å². The van der Waals surface area contributed by atoms with Crippen molar-refractivity contribution in [1.29, 1.82) is 0 Å². The van der Waals surface area contributed by atoms with Crippen LogP contribution in [-0.4, -0.2) is 51.9 Å². The van der Waals surface area contributed by atoms with Gasteiger partial charge in [0.15, 0.2) is 11.6 Å². The molecule has 0 aliphatic heterocycles. The third-order valence-electron chi connectivity index (χ3n) is 8.18. The molecule has 45 heavy (non-hydrogen) atoms. The third-order valence-corrected chi connectivity index (χ3v) is 8.49. The van der Waals surface area contributed by atoms with Crippen LogP contribution in [0.25, 0.3) is 22.2 Å².